The lowest BCUT2D eigenvalue weighted by molar-refractivity contribution is -0.128. The van der Waals surface area contributed by atoms with Crippen molar-refractivity contribution in [2.24, 2.45) is 11.5 Å². The molecule has 8 heteroatoms. The van der Waals surface area contributed by atoms with Gasteiger partial charge < -0.3 is 26.8 Å². The van der Waals surface area contributed by atoms with E-state index in [4.69, 9.17) is 11.5 Å². The molecule has 0 unspecified atom stereocenters. The molecule has 2 aromatic heterocycles. The van der Waals surface area contributed by atoms with E-state index in [-0.39, 0.29) is 0 Å². The lowest BCUT2D eigenvalue weighted by atomic mass is 10.0. The van der Waals surface area contributed by atoms with Gasteiger partial charge in [0.25, 0.3) is 0 Å². The lowest BCUT2D eigenvalue weighted by Gasteiger charge is -2.18. The van der Waals surface area contributed by atoms with Crippen LogP contribution in [0.4, 0.5) is 0 Å². The highest BCUT2D eigenvalue weighted by molar-refractivity contribution is 5.90. The van der Waals surface area contributed by atoms with Crippen molar-refractivity contribution in [3.63, 3.8) is 0 Å². The number of hydrogen-bond donors (Lipinski definition) is 5. The molecule has 2 heterocycles. The van der Waals surface area contributed by atoms with Gasteiger partial charge in [-0.25, -0.2) is 4.98 Å². The van der Waals surface area contributed by atoms with Crippen LogP contribution in [0.15, 0.2) is 43.0 Å². The number of carbonyl (C=O) groups is 2. The maximum atomic E-state index is 12.3. The molecule has 0 saturated heterocycles. The first-order chi connectivity index (χ1) is 12.0. The van der Waals surface area contributed by atoms with E-state index in [1.807, 2.05) is 30.5 Å². The first-order valence-electron chi connectivity index (χ1n) is 7.92. The maximum absolute atomic E-state index is 12.3. The molecule has 1 aromatic carbocycles. The molecule has 7 N–H and O–H groups in total. The van der Waals surface area contributed by atoms with Gasteiger partial charge in [-0.2, -0.15) is 0 Å². The maximum Gasteiger partial charge on any atom is 0.240 e. The summed E-state index contributed by atoms with van der Waals surface area (Å²) in [5.41, 5.74) is 14.0. The number of primary amides is 1. The first kappa shape index (κ1) is 16.7. The zero-order valence-corrected chi connectivity index (χ0v) is 13.5. The first-order valence-corrected chi connectivity index (χ1v) is 7.92. The summed E-state index contributed by atoms with van der Waals surface area (Å²) >= 11 is 0. The van der Waals surface area contributed by atoms with E-state index < -0.39 is 23.9 Å². The number of nitrogens with one attached hydrogen (secondary N) is 3. The highest BCUT2D eigenvalue weighted by Crippen LogP contribution is 2.19. The van der Waals surface area contributed by atoms with Gasteiger partial charge in [0.05, 0.1) is 12.4 Å². The Hall–Kier alpha value is -3.13. The van der Waals surface area contributed by atoms with Crippen molar-refractivity contribution in [2.45, 2.75) is 24.9 Å². The van der Waals surface area contributed by atoms with E-state index in [0.717, 1.165) is 22.2 Å². The van der Waals surface area contributed by atoms with Gasteiger partial charge in [-0.3, -0.25) is 9.59 Å². The molecule has 130 valence electrons. The van der Waals surface area contributed by atoms with Gasteiger partial charge in [0.15, 0.2) is 0 Å². The topological polar surface area (TPSA) is 143 Å². The van der Waals surface area contributed by atoms with Crippen LogP contribution in [-0.4, -0.2) is 38.8 Å². The van der Waals surface area contributed by atoms with Crippen LogP contribution >= 0.6 is 0 Å². The number of para-hydroxylation sites is 1. The predicted molar refractivity (Wildman–Crippen MR) is 93.4 cm³/mol. The Labute approximate surface area is 144 Å². The molecule has 0 spiro atoms. The Morgan fingerprint density at radius 1 is 1.20 bits per heavy atom. The number of hydrogen-bond acceptors (Lipinski definition) is 4. The van der Waals surface area contributed by atoms with Crippen LogP contribution in [0, 0.1) is 0 Å². The third-order valence-electron chi connectivity index (χ3n) is 4.09. The number of amides is 2. The molecule has 0 radical (unpaired) electrons. The molecule has 3 aromatic rings. The van der Waals surface area contributed by atoms with Gasteiger partial charge >= 0.3 is 0 Å². The van der Waals surface area contributed by atoms with Gasteiger partial charge in [0, 0.05) is 41.8 Å². The number of nitrogens with zero attached hydrogens (tertiary/aromatic N) is 1. The molecule has 0 bridgehead atoms. The highest BCUT2D eigenvalue weighted by atomic mass is 16.2. The average molecular weight is 340 g/mol. The van der Waals surface area contributed by atoms with E-state index in [2.05, 4.69) is 20.3 Å². The molecular weight excluding hydrogens is 320 g/mol. The van der Waals surface area contributed by atoms with E-state index in [1.54, 1.807) is 6.20 Å². The number of aromatic nitrogens is 3. The second-order valence-electron chi connectivity index (χ2n) is 5.91. The van der Waals surface area contributed by atoms with Crippen LogP contribution in [0.3, 0.4) is 0 Å². The quantitative estimate of drug-likeness (QED) is 0.411. The monoisotopic (exact) mass is 340 g/mol. The molecule has 2 atom stereocenters. The van der Waals surface area contributed by atoms with Gasteiger partial charge in [0.2, 0.25) is 11.8 Å². The largest absolute Gasteiger partial charge is 0.368 e. The van der Waals surface area contributed by atoms with Crippen LogP contribution in [0.25, 0.3) is 10.9 Å². The fourth-order valence-corrected chi connectivity index (χ4v) is 2.75. The van der Waals surface area contributed by atoms with Crippen LogP contribution in [-0.2, 0) is 22.4 Å². The SMILES string of the molecule is NC(=O)[C@H](Cc1c[nH]c2ccccc12)NC(=O)[C@@H](N)Cc1cnc[nH]1. The summed E-state index contributed by atoms with van der Waals surface area (Å²) in [6.07, 6.45) is 5.53. The van der Waals surface area contributed by atoms with Crippen molar-refractivity contribution in [2.75, 3.05) is 0 Å². The summed E-state index contributed by atoms with van der Waals surface area (Å²) in [6, 6.07) is 6.09. The van der Waals surface area contributed by atoms with Gasteiger partial charge in [-0.05, 0) is 11.6 Å². The van der Waals surface area contributed by atoms with E-state index in [0.29, 0.717) is 12.8 Å². The predicted octanol–water partition coefficient (Wildman–Crippen LogP) is -0.0264. The number of aromatic amines is 2. The molecule has 0 fully saturated rings. The summed E-state index contributed by atoms with van der Waals surface area (Å²) in [7, 11) is 0. The van der Waals surface area contributed by atoms with Crippen LogP contribution in [0.5, 0.6) is 0 Å². The van der Waals surface area contributed by atoms with Crippen molar-refractivity contribution in [3.8, 4) is 0 Å². The molecule has 3 rings (SSSR count). The summed E-state index contributed by atoms with van der Waals surface area (Å²) in [6.45, 7) is 0. The van der Waals surface area contributed by atoms with E-state index in [1.165, 1.54) is 6.33 Å². The Kier molecular flexibility index (Phi) is 4.80. The van der Waals surface area contributed by atoms with Crippen LogP contribution < -0.4 is 16.8 Å². The van der Waals surface area contributed by atoms with Crippen LogP contribution in [0.1, 0.15) is 11.3 Å². The third kappa shape index (κ3) is 3.86. The number of fused-ring (bicyclic) bond motifs is 1. The zero-order chi connectivity index (χ0) is 17.8. The summed E-state index contributed by atoms with van der Waals surface area (Å²) in [5, 5.41) is 3.64. The Bertz CT molecular complexity index is 870. The van der Waals surface area contributed by atoms with Crippen LogP contribution in [0.2, 0.25) is 0 Å². The van der Waals surface area contributed by atoms with E-state index >= 15 is 0 Å². The van der Waals surface area contributed by atoms with Crippen molar-refractivity contribution in [3.05, 3.63) is 54.2 Å². The van der Waals surface area contributed by atoms with Gasteiger partial charge in [-0.1, -0.05) is 18.2 Å². The molecule has 0 aliphatic heterocycles. The summed E-state index contributed by atoms with van der Waals surface area (Å²) < 4.78 is 0. The highest BCUT2D eigenvalue weighted by Gasteiger charge is 2.23. The number of imidazole rings is 1. The van der Waals surface area contributed by atoms with E-state index in [9.17, 15) is 9.59 Å². The third-order valence-corrected chi connectivity index (χ3v) is 4.09. The fourth-order valence-electron chi connectivity index (χ4n) is 2.75. The number of H-pyrrole nitrogens is 2. The van der Waals surface area contributed by atoms with Gasteiger partial charge in [-0.15, -0.1) is 0 Å². The molecule has 2 amide bonds. The minimum Gasteiger partial charge on any atom is -0.368 e. The van der Waals surface area contributed by atoms with Crippen molar-refractivity contribution in [1.82, 2.24) is 20.3 Å². The molecule has 0 saturated carbocycles. The van der Waals surface area contributed by atoms with Crippen molar-refractivity contribution < 1.29 is 9.59 Å². The summed E-state index contributed by atoms with van der Waals surface area (Å²) in [5.74, 6) is -1.04. The van der Waals surface area contributed by atoms with Gasteiger partial charge in [0.1, 0.15) is 6.04 Å². The normalized spacial score (nSPS) is 13.5. The lowest BCUT2D eigenvalue weighted by Crippen LogP contribution is -2.51. The summed E-state index contributed by atoms with van der Waals surface area (Å²) in [4.78, 5) is 34.0. The smallest absolute Gasteiger partial charge is 0.240 e. The molecule has 0 aliphatic carbocycles. The second-order valence-corrected chi connectivity index (χ2v) is 5.91. The Balaban J connectivity index is 1.68. The Morgan fingerprint density at radius 3 is 2.72 bits per heavy atom. The number of benzene rings is 1. The zero-order valence-electron chi connectivity index (χ0n) is 13.5. The number of nitrogens with two attached hydrogens (primary N) is 2. The molecule has 8 nitrogen and oxygen atoms in total. The number of carbonyl (C=O) groups excluding carboxylic acids is 2. The molecule has 25 heavy (non-hydrogen) atoms. The van der Waals surface area contributed by atoms with Crippen molar-refractivity contribution >= 4 is 22.7 Å². The number of rotatable bonds is 7. The standard InChI is InChI=1S/C17H20N6O2/c18-13(6-11-8-20-9-22-11)17(25)23-15(16(19)24)5-10-7-21-14-4-2-1-3-12(10)14/h1-4,7-9,13,15,21H,5-6,18H2,(H2,19,24)(H,20,22)(H,23,25)/t13-,15-/m0/s1. The average Bonchev–Trinajstić information content (AvgIpc) is 3.24. The van der Waals surface area contributed by atoms with Crippen molar-refractivity contribution in [1.29, 1.82) is 0 Å². The minimum absolute atomic E-state index is 0.294. The second kappa shape index (κ2) is 7.18. The fraction of sp³-hybridized carbons (Fsp3) is 0.235. The molecular formula is C17H20N6O2. The minimum atomic E-state index is -0.834. The Morgan fingerprint density at radius 2 is 2.00 bits per heavy atom. The molecule has 0 aliphatic rings.